The number of carbonyl (C=O) groups is 1. The number of amides is 2. The van der Waals surface area contributed by atoms with Gasteiger partial charge in [-0.2, -0.15) is 0 Å². The predicted octanol–water partition coefficient (Wildman–Crippen LogP) is 1.93. The first-order valence-corrected chi connectivity index (χ1v) is 8.80. The molecule has 0 atom stereocenters. The molecule has 0 aromatic heterocycles. The highest BCUT2D eigenvalue weighted by Crippen LogP contribution is 2.31. The maximum atomic E-state index is 11.9. The molecule has 0 aliphatic carbocycles. The Balaban J connectivity index is 2.26. The fraction of sp³-hybridized carbons (Fsp3) is 0.500. The number of hydrogen-bond acceptors (Lipinski definition) is 3. The Labute approximate surface area is 125 Å². The van der Waals surface area contributed by atoms with Crippen molar-refractivity contribution in [3.05, 3.63) is 23.8 Å². The molecule has 1 aromatic rings. The lowest BCUT2D eigenvalue weighted by Crippen LogP contribution is -2.35. The summed E-state index contributed by atoms with van der Waals surface area (Å²) in [6.45, 7) is 4.23. The average Bonchev–Trinajstić information content (AvgIpc) is 2.35. The highest BCUT2D eigenvalue weighted by Gasteiger charge is 2.24. The van der Waals surface area contributed by atoms with E-state index in [1.807, 2.05) is 19.9 Å². The number of fused-ring (bicyclic) bond motifs is 1. The standard InChI is InChI=1S/C14H21N3O3S/c1-10(2)15-14(18)16-12-7-6-11-5-4-8-17(13(11)9-12)21(3,19)20/h6-7,9-10H,4-5,8H2,1-3H3,(H2,15,16,18). The lowest BCUT2D eigenvalue weighted by atomic mass is 10.0. The van der Waals surface area contributed by atoms with Gasteiger partial charge in [0, 0.05) is 18.3 Å². The van der Waals surface area contributed by atoms with E-state index in [2.05, 4.69) is 10.6 Å². The summed E-state index contributed by atoms with van der Waals surface area (Å²) in [5, 5.41) is 5.45. The quantitative estimate of drug-likeness (QED) is 0.895. The van der Waals surface area contributed by atoms with Gasteiger partial charge < -0.3 is 10.6 Å². The lowest BCUT2D eigenvalue weighted by Gasteiger charge is -2.29. The van der Waals surface area contributed by atoms with Crippen molar-refractivity contribution < 1.29 is 13.2 Å². The van der Waals surface area contributed by atoms with Crippen molar-refractivity contribution in [1.82, 2.24) is 5.32 Å². The second-order valence-corrected chi connectivity index (χ2v) is 7.44. The highest BCUT2D eigenvalue weighted by atomic mass is 32.2. The first kappa shape index (κ1) is 15.6. The van der Waals surface area contributed by atoms with Gasteiger partial charge in [-0.3, -0.25) is 4.31 Å². The van der Waals surface area contributed by atoms with Gasteiger partial charge in [-0.15, -0.1) is 0 Å². The van der Waals surface area contributed by atoms with Crippen LogP contribution in [0.3, 0.4) is 0 Å². The van der Waals surface area contributed by atoms with Crippen molar-refractivity contribution in [3.8, 4) is 0 Å². The van der Waals surface area contributed by atoms with E-state index in [1.165, 1.54) is 10.6 Å². The fourth-order valence-electron chi connectivity index (χ4n) is 2.39. The molecule has 1 aromatic carbocycles. The van der Waals surface area contributed by atoms with Gasteiger partial charge >= 0.3 is 6.03 Å². The van der Waals surface area contributed by atoms with Gasteiger partial charge in [-0.05, 0) is 44.4 Å². The summed E-state index contributed by atoms with van der Waals surface area (Å²) in [6.07, 6.45) is 2.86. The molecule has 2 amide bonds. The van der Waals surface area contributed by atoms with Crippen molar-refractivity contribution in [1.29, 1.82) is 0 Å². The zero-order valence-corrected chi connectivity index (χ0v) is 13.3. The molecule has 2 N–H and O–H groups in total. The van der Waals surface area contributed by atoms with Crippen LogP contribution in [0.5, 0.6) is 0 Å². The smallest absolute Gasteiger partial charge is 0.319 e. The molecule has 0 unspecified atom stereocenters. The van der Waals surface area contributed by atoms with E-state index in [0.29, 0.717) is 17.9 Å². The van der Waals surface area contributed by atoms with E-state index >= 15 is 0 Å². The molecule has 0 saturated heterocycles. The summed E-state index contributed by atoms with van der Waals surface area (Å²) in [7, 11) is -3.30. The van der Waals surface area contributed by atoms with Crippen LogP contribution in [0.15, 0.2) is 18.2 Å². The number of benzene rings is 1. The lowest BCUT2D eigenvalue weighted by molar-refractivity contribution is 0.250. The van der Waals surface area contributed by atoms with Gasteiger partial charge in [0.1, 0.15) is 0 Å². The summed E-state index contributed by atoms with van der Waals surface area (Å²) >= 11 is 0. The number of sulfonamides is 1. The minimum Gasteiger partial charge on any atom is -0.336 e. The van der Waals surface area contributed by atoms with Crippen LogP contribution in [0.2, 0.25) is 0 Å². The number of nitrogens with zero attached hydrogens (tertiary/aromatic N) is 1. The number of nitrogens with one attached hydrogen (secondary N) is 2. The number of hydrogen-bond donors (Lipinski definition) is 2. The van der Waals surface area contributed by atoms with Crippen LogP contribution in [0, 0.1) is 0 Å². The third-order valence-corrected chi connectivity index (χ3v) is 4.42. The third-order valence-electron chi connectivity index (χ3n) is 3.24. The molecule has 6 nitrogen and oxygen atoms in total. The van der Waals surface area contributed by atoms with E-state index in [-0.39, 0.29) is 12.1 Å². The van der Waals surface area contributed by atoms with E-state index < -0.39 is 10.0 Å². The molecular weight excluding hydrogens is 290 g/mol. The van der Waals surface area contributed by atoms with Crippen LogP contribution < -0.4 is 14.9 Å². The van der Waals surface area contributed by atoms with Crippen molar-refractivity contribution >= 4 is 27.4 Å². The van der Waals surface area contributed by atoms with Gasteiger partial charge in [-0.1, -0.05) is 6.07 Å². The molecule has 1 heterocycles. The Bertz CT molecular complexity index is 641. The highest BCUT2D eigenvalue weighted by molar-refractivity contribution is 7.92. The summed E-state index contributed by atoms with van der Waals surface area (Å²) in [6, 6.07) is 5.12. The molecule has 2 rings (SSSR count). The molecule has 0 fully saturated rings. The largest absolute Gasteiger partial charge is 0.336 e. The molecule has 7 heteroatoms. The van der Waals surface area contributed by atoms with Crippen molar-refractivity contribution in [2.24, 2.45) is 0 Å². The Morgan fingerprint density at radius 1 is 1.33 bits per heavy atom. The molecule has 116 valence electrons. The summed E-state index contributed by atoms with van der Waals surface area (Å²) < 4.78 is 25.1. The van der Waals surface area contributed by atoms with E-state index in [1.54, 1.807) is 12.1 Å². The van der Waals surface area contributed by atoms with Crippen molar-refractivity contribution in [3.63, 3.8) is 0 Å². The van der Waals surface area contributed by atoms with Gasteiger partial charge in [0.2, 0.25) is 10.0 Å². The second-order valence-electron chi connectivity index (χ2n) is 5.54. The van der Waals surface area contributed by atoms with Crippen molar-refractivity contribution in [2.75, 3.05) is 22.4 Å². The van der Waals surface area contributed by atoms with Crippen LogP contribution in [-0.2, 0) is 16.4 Å². The first-order chi connectivity index (χ1) is 9.77. The number of aryl methyl sites for hydroxylation is 1. The summed E-state index contributed by atoms with van der Waals surface area (Å²) in [5.74, 6) is 0. The Morgan fingerprint density at radius 2 is 2.05 bits per heavy atom. The number of urea groups is 1. The molecule has 0 spiro atoms. The topological polar surface area (TPSA) is 78.5 Å². The van der Waals surface area contributed by atoms with E-state index in [4.69, 9.17) is 0 Å². The van der Waals surface area contributed by atoms with Crippen LogP contribution in [-0.4, -0.2) is 33.3 Å². The van der Waals surface area contributed by atoms with Crippen LogP contribution in [0.25, 0.3) is 0 Å². The predicted molar refractivity (Wildman–Crippen MR) is 84.2 cm³/mol. The molecule has 1 aliphatic heterocycles. The van der Waals surface area contributed by atoms with E-state index in [0.717, 1.165) is 18.4 Å². The summed E-state index contributed by atoms with van der Waals surface area (Å²) in [5.41, 5.74) is 2.23. The van der Waals surface area contributed by atoms with Gasteiger partial charge in [-0.25, -0.2) is 13.2 Å². The van der Waals surface area contributed by atoms with Gasteiger partial charge in [0.05, 0.1) is 11.9 Å². The molecular formula is C14H21N3O3S. The maximum Gasteiger partial charge on any atom is 0.319 e. The normalized spacial score (nSPS) is 14.8. The van der Waals surface area contributed by atoms with Crippen LogP contribution in [0.4, 0.5) is 16.2 Å². The average molecular weight is 311 g/mol. The monoisotopic (exact) mass is 311 g/mol. The SMILES string of the molecule is CC(C)NC(=O)Nc1ccc2c(c1)N(S(C)(=O)=O)CCC2. The van der Waals surface area contributed by atoms with E-state index in [9.17, 15) is 13.2 Å². The molecule has 1 aliphatic rings. The minimum atomic E-state index is -3.30. The molecule has 0 radical (unpaired) electrons. The number of rotatable bonds is 3. The molecule has 21 heavy (non-hydrogen) atoms. The maximum absolute atomic E-state index is 11.9. The van der Waals surface area contributed by atoms with Crippen LogP contribution >= 0.6 is 0 Å². The Kier molecular flexibility index (Phi) is 4.41. The minimum absolute atomic E-state index is 0.0372. The first-order valence-electron chi connectivity index (χ1n) is 6.95. The van der Waals surface area contributed by atoms with Crippen LogP contribution in [0.1, 0.15) is 25.8 Å². The summed E-state index contributed by atoms with van der Waals surface area (Å²) in [4.78, 5) is 11.7. The van der Waals surface area contributed by atoms with Gasteiger partial charge in [0.25, 0.3) is 0 Å². The van der Waals surface area contributed by atoms with Gasteiger partial charge in [0.15, 0.2) is 0 Å². The Hall–Kier alpha value is -1.76. The fourth-order valence-corrected chi connectivity index (χ4v) is 3.38. The molecule has 0 bridgehead atoms. The number of carbonyl (C=O) groups excluding carboxylic acids is 1. The zero-order valence-electron chi connectivity index (χ0n) is 12.5. The Morgan fingerprint density at radius 3 is 2.67 bits per heavy atom. The van der Waals surface area contributed by atoms with Crippen molar-refractivity contribution in [2.45, 2.75) is 32.7 Å². The zero-order chi connectivity index (χ0) is 15.6. The second kappa shape index (κ2) is 5.93. The third kappa shape index (κ3) is 3.87. The molecule has 0 saturated carbocycles. The number of anilines is 2.